The molecule has 1 rings (SSSR count). The van der Waals surface area contributed by atoms with Crippen LogP contribution in [0.3, 0.4) is 0 Å². The van der Waals surface area contributed by atoms with Crippen molar-refractivity contribution in [2.45, 2.75) is 25.8 Å². The molecule has 1 atom stereocenters. The number of carbonyl (C=O) groups excluding carboxylic acids is 1. The molecule has 0 saturated carbocycles. The van der Waals surface area contributed by atoms with E-state index in [1.54, 1.807) is 0 Å². The Morgan fingerprint density at radius 2 is 2.50 bits per heavy atom. The van der Waals surface area contributed by atoms with Gasteiger partial charge in [0.15, 0.2) is 0 Å². The summed E-state index contributed by atoms with van der Waals surface area (Å²) >= 11 is 0. The second kappa shape index (κ2) is 4.26. The van der Waals surface area contributed by atoms with Gasteiger partial charge in [0.2, 0.25) is 5.91 Å². The summed E-state index contributed by atoms with van der Waals surface area (Å²) in [7, 11) is 0. The first kappa shape index (κ1) is 9.26. The lowest BCUT2D eigenvalue weighted by atomic mass is 10.3. The lowest BCUT2D eigenvalue weighted by molar-refractivity contribution is -0.129. The third kappa shape index (κ3) is 2.34. The van der Waals surface area contributed by atoms with Crippen molar-refractivity contribution in [1.82, 2.24) is 4.90 Å². The smallest absolute Gasteiger partial charge is 0.226 e. The van der Waals surface area contributed by atoms with E-state index in [0.717, 1.165) is 19.5 Å². The number of nitrogens with zero attached hydrogens (tertiary/aromatic N) is 1. The van der Waals surface area contributed by atoms with E-state index in [2.05, 4.69) is 0 Å². The highest BCUT2D eigenvalue weighted by molar-refractivity contribution is 5.78. The molecule has 1 unspecified atom stereocenters. The summed E-state index contributed by atoms with van der Waals surface area (Å²) in [5.41, 5.74) is 5.68. The fraction of sp³-hybridized carbons (Fsp3) is 0.667. The number of hydrogen-bond acceptors (Lipinski definition) is 2. The zero-order chi connectivity index (χ0) is 8.97. The van der Waals surface area contributed by atoms with Crippen LogP contribution in [0.2, 0.25) is 0 Å². The quantitative estimate of drug-likeness (QED) is 0.611. The van der Waals surface area contributed by atoms with Crippen LogP contribution >= 0.6 is 0 Å². The first-order valence-corrected chi connectivity index (χ1v) is 4.38. The number of hydrogen-bond donors (Lipinski definition) is 1. The van der Waals surface area contributed by atoms with E-state index in [0.29, 0.717) is 6.42 Å². The monoisotopic (exact) mass is 168 g/mol. The van der Waals surface area contributed by atoms with Crippen LogP contribution in [-0.4, -0.2) is 29.9 Å². The summed E-state index contributed by atoms with van der Waals surface area (Å²) in [6.07, 6.45) is 5.24. The predicted octanol–water partition coefficient (Wildman–Crippen LogP) is 0.512. The number of nitrogens with two attached hydrogens (primary N) is 1. The third-order valence-corrected chi connectivity index (χ3v) is 2.11. The number of likely N-dealkylation sites (tertiary alicyclic amines) is 1. The highest BCUT2D eigenvalue weighted by Gasteiger charge is 2.22. The molecule has 2 N–H and O–H groups in total. The molecule has 0 radical (unpaired) electrons. The molecule has 1 aliphatic heterocycles. The van der Waals surface area contributed by atoms with Crippen molar-refractivity contribution in [2.75, 3.05) is 13.1 Å². The Morgan fingerprint density at radius 1 is 1.75 bits per heavy atom. The molecule has 0 spiro atoms. The zero-order valence-corrected chi connectivity index (χ0v) is 7.49. The van der Waals surface area contributed by atoms with E-state index >= 15 is 0 Å². The maximum absolute atomic E-state index is 11.4. The number of carbonyl (C=O) groups is 1. The van der Waals surface area contributed by atoms with Gasteiger partial charge in [-0.3, -0.25) is 4.79 Å². The van der Waals surface area contributed by atoms with Crippen LogP contribution in [0.5, 0.6) is 0 Å². The number of amides is 1. The van der Waals surface area contributed by atoms with Crippen molar-refractivity contribution in [2.24, 2.45) is 5.73 Å². The standard InChI is InChI=1S/C9H16N2O/c1-2-3-4-9(12)11-6-5-8(10)7-11/h2-3,8H,4-7,10H2,1H3/b3-2+. The Bertz CT molecular complexity index is 189. The van der Waals surface area contributed by atoms with Gasteiger partial charge in [-0.05, 0) is 13.3 Å². The molecule has 1 saturated heterocycles. The van der Waals surface area contributed by atoms with Gasteiger partial charge in [0.25, 0.3) is 0 Å². The normalized spacial score (nSPS) is 23.8. The van der Waals surface area contributed by atoms with Gasteiger partial charge >= 0.3 is 0 Å². The summed E-state index contributed by atoms with van der Waals surface area (Å²) in [5, 5.41) is 0. The molecular formula is C9H16N2O. The molecule has 0 aromatic heterocycles. The molecule has 1 heterocycles. The molecule has 1 fully saturated rings. The molecular weight excluding hydrogens is 152 g/mol. The average molecular weight is 168 g/mol. The number of rotatable bonds is 2. The Kier molecular flexibility index (Phi) is 3.29. The van der Waals surface area contributed by atoms with Gasteiger partial charge in [0.05, 0.1) is 0 Å². The van der Waals surface area contributed by atoms with Crippen molar-refractivity contribution in [1.29, 1.82) is 0 Å². The van der Waals surface area contributed by atoms with E-state index in [9.17, 15) is 4.79 Å². The van der Waals surface area contributed by atoms with Gasteiger partial charge in [0.1, 0.15) is 0 Å². The van der Waals surface area contributed by atoms with Gasteiger partial charge in [-0.15, -0.1) is 0 Å². The SMILES string of the molecule is C/C=C/CC(=O)N1CCC(N)C1. The lowest BCUT2D eigenvalue weighted by Crippen LogP contribution is -2.31. The Labute approximate surface area is 73.2 Å². The molecule has 3 heteroatoms. The molecule has 3 nitrogen and oxygen atoms in total. The first-order chi connectivity index (χ1) is 5.74. The van der Waals surface area contributed by atoms with Crippen molar-refractivity contribution in [3.8, 4) is 0 Å². The topological polar surface area (TPSA) is 46.3 Å². The van der Waals surface area contributed by atoms with E-state index in [1.165, 1.54) is 0 Å². The summed E-state index contributed by atoms with van der Waals surface area (Å²) in [6, 6.07) is 0.194. The van der Waals surface area contributed by atoms with Crippen LogP contribution in [-0.2, 0) is 4.79 Å². The van der Waals surface area contributed by atoms with Crippen molar-refractivity contribution >= 4 is 5.91 Å². The van der Waals surface area contributed by atoms with Crippen molar-refractivity contribution in [3.63, 3.8) is 0 Å². The Morgan fingerprint density at radius 3 is 3.00 bits per heavy atom. The van der Waals surface area contributed by atoms with Crippen molar-refractivity contribution in [3.05, 3.63) is 12.2 Å². The minimum atomic E-state index is 0.194. The van der Waals surface area contributed by atoms with Crippen LogP contribution < -0.4 is 5.73 Å². The highest BCUT2D eigenvalue weighted by Crippen LogP contribution is 2.08. The molecule has 0 aromatic carbocycles. The fourth-order valence-corrected chi connectivity index (χ4v) is 1.36. The second-order valence-electron chi connectivity index (χ2n) is 3.16. The molecule has 0 aliphatic carbocycles. The summed E-state index contributed by atoms with van der Waals surface area (Å²) in [4.78, 5) is 13.2. The zero-order valence-electron chi connectivity index (χ0n) is 7.49. The van der Waals surface area contributed by atoms with E-state index in [-0.39, 0.29) is 11.9 Å². The first-order valence-electron chi connectivity index (χ1n) is 4.38. The van der Waals surface area contributed by atoms with Crippen LogP contribution in [0.15, 0.2) is 12.2 Å². The van der Waals surface area contributed by atoms with Crippen molar-refractivity contribution < 1.29 is 4.79 Å². The van der Waals surface area contributed by atoms with E-state index in [1.807, 2.05) is 24.0 Å². The fourth-order valence-electron chi connectivity index (χ4n) is 1.36. The van der Waals surface area contributed by atoms with Gasteiger partial charge in [-0.1, -0.05) is 12.2 Å². The van der Waals surface area contributed by atoms with Crippen LogP contribution in [0.4, 0.5) is 0 Å². The molecule has 68 valence electrons. The van der Waals surface area contributed by atoms with Crippen LogP contribution in [0.1, 0.15) is 19.8 Å². The van der Waals surface area contributed by atoms with Crippen LogP contribution in [0.25, 0.3) is 0 Å². The van der Waals surface area contributed by atoms with E-state index in [4.69, 9.17) is 5.73 Å². The molecule has 1 amide bonds. The molecule has 0 bridgehead atoms. The highest BCUT2D eigenvalue weighted by atomic mass is 16.2. The van der Waals surface area contributed by atoms with Gasteiger partial charge < -0.3 is 10.6 Å². The predicted molar refractivity (Wildman–Crippen MR) is 48.6 cm³/mol. The Hall–Kier alpha value is -0.830. The van der Waals surface area contributed by atoms with Crippen LogP contribution in [0, 0.1) is 0 Å². The minimum absolute atomic E-state index is 0.194. The molecule has 1 aliphatic rings. The van der Waals surface area contributed by atoms with Gasteiger partial charge in [-0.2, -0.15) is 0 Å². The maximum Gasteiger partial charge on any atom is 0.226 e. The van der Waals surface area contributed by atoms with Gasteiger partial charge in [-0.25, -0.2) is 0 Å². The van der Waals surface area contributed by atoms with E-state index < -0.39 is 0 Å². The molecule has 0 aromatic rings. The number of allylic oxidation sites excluding steroid dienone is 1. The molecule has 12 heavy (non-hydrogen) atoms. The third-order valence-electron chi connectivity index (χ3n) is 2.11. The lowest BCUT2D eigenvalue weighted by Gasteiger charge is -2.13. The maximum atomic E-state index is 11.4. The summed E-state index contributed by atoms with van der Waals surface area (Å²) < 4.78 is 0. The minimum Gasteiger partial charge on any atom is -0.341 e. The summed E-state index contributed by atoms with van der Waals surface area (Å²) in [5.74, 6) is 0.195. The Balaban J connectivity index is 2.33. The average Bonchev–Trinajstić information content (AvgIpc) is 2.47. The second-order valence-corrected chi connectivity index (χ2v) is 3.16. The summed E-state index contributed by atoms with van der Waals surface area (Å²) in [6.45, 7) is 3.48. The van der Waals surface area contributed by atoms with Gasteiger partial charge in [0, 0.05) is 25.6 Å². The largest absolute Gasteiger partial charge is 0.341 e.